The highest BCUT2D eigenvalue weighted by atomic mass is 16.2. The second-order valence-electron chi connectivity index (χ2n) is 6.76. The topological polar surface area (TPSA) is 67.2 Å². The number of hydrogen-bond donors (Lipinski definition) is 1. The highest BCUT2D eigenvalue weighted by molar-refractivity contribution is 5.92. The first kappa shape index (κ1) is 18.3. The smallest absolute Gasteiger partial charge is 0.275 e. The molecule has 26 heavy (non-hydrogen) atoms. The second-order valence-corrected chi connectivity index (χ2v) is 6.76. The van der Waals surface area contributed by atoms with E-state index in [9.17, 15) is 9.59 Å². The molecule has 1 aromatic carbocycles. The van der Waals surface area contributed by atoms with Gasteiger partial charge in [-0.05, 0) is 58.0 Å². The van der Waals surface area contributed by atoms with Crippen LogP contribution in [-0.4, -0.2) is 46.8 Å². The Kier molecular flexibility index (Phi) is 6.17. The molecule has 0 unspecified atom stereocenters. The number of para-hydroxylation sites is 1. The van der Waals surface area contributed by atoms with Gasteiger partial charge in [-0.2, -0.15) is 5.10 Å². The summed E-state index contributed by atoms with van der Waals surface area (Å²) in [5, 5.41) is 7.13. The average molecular weight is 354 g/mol. The largest absolute Gasteiger partial charge is 0.350 e. The molecule has 1 fully saturated rings. The summed E-state index contributed by atoms with van der Waals surface area (Å²) in [5.74, 6) is -0.404. The van der Waals surface area contributed by atoms with Crippen LogP contribution in [0.1, 0.15) is 41.9 Å². The van der Waals surface area contributed by atoms with Crippen LogP contribution >= 0.6 is 0 Å². The molecule has 1 aliphatic heterocycles. The predicted molar refractivity (Wildman–Crippen MR) is 102 cm³/mol. The van der Waals surface area contributed by atoms with E-state index in [-0.39, 0.29) is 11.1 Å². The van der Waals surface area contributed by atoms with E-state index in [0.717, 1.165) is 31.7 Å². The van der Waals surface area contributed by atoms with Crippen LogP contribution in [0.25, 0.3) is 5.69 Å². The molecule has 0 atom stereocenters. The third kappa shape index (κ3) is 4.58. The van der Waals surface area contributed by atoms with E-state index < -0.39 is 5.91 Å². The number of hydrogen-bond acceptors (Lipinski definition) is 4. The molecular formula is C20H26N4O2. The lowest BCUT2D eigenvalue weighted by Crippen LogP contribution is -2.35. The van der Waals surface area contributed by atoms with Gasteiger partial charge in [0, 0.05) is 18.3 Å². The number of carbonyl (C=O) groups is 1. The van der Waals surface area contributed by atoms with Gasteiger partial charge >= 0.3 is 0 Å². The van der Waals surface area contributed by atoms with Gasteiger partial charge in [0.25, 0.3) is 5.91 Å². The van der Waals surface area contributed by atoms with Crippen LogP contribution in [0.2, 0.25) is 0 Å². The van der Waals surface area contributed by atoms with Crippen LogP contribution in [0, 0.1) is 6.92 Å². The van der Waals surface area contributed by atoms with Crippen molar-refractivity contribution < 1.29 is 4.79 Å². The monoisotopic (exact) mass is 354 g/mol. The average Bonchev–Trinajstić information content (AvgIpc) is 2.67. The molecular weight excluding hydrogens is 328 g/mol. The normalized spacial score (nSPS) is 15.0. The van der Waals surface area contributed by atoms with Crippen LogP contribution in [-0.2, 0) is 0 Å². The van der Waals surface area contributed by atoms with Gasteiger partial charge in [0.15, 0.2) is 5.69 Å². The highest BCUT2D eigenvalue weighted by Gasteiger charge is 2.15. The van der Waals surface area contributed by atoms with Gasteiger partial charge in [0.2, 0.25) is 5.43 Å². The number of nitrogens with zero attached hydrogens (tertiary/aromatic N) is 3. The molecule has 1 saturated heterocycles. The number of piperidine rings is 1. The van der Waals surface area contributed by atoms with E-state index >= 15 is 0 Å². The Labute approximate surface area is 153 Å². The Hall–Kier alpha value is -2.47. The summed E-state index contributed by atoms with van der Waals surface area (Å²) in [5.41, 5.74) is 1.12. The predicted octanol–water partition coefficient (Wildman–Crippen LogP) is 2.15. The summed E-state index contributed by atoms with van der Waals surface area (Å²) in [6.45, 7) is 5.64. The van der Waals surface area contributed by atoms with Gasteiger partial charge in [-0.1, -0.05) is 24.6 Å². The molecule has 0 radical (unpaired) electrons. The zero-order valence-corrected chi connectivity index (χ0v) is 15.3. The molecule has 2 aromatic rings. The highest BCUT2D eigenvalue weighted by Crippen LogP contribution is 2.09. The summed E-state index contributed by atoms with van der Waals surface area (Å²) < 4.78 is 1.63. The number of nitrogens with one attached hydrogen (secondary N) is 1. The Morgan fingerprint density at radius 1 is 1.15 bits per heavy atom. The third-order valence-electron chi connectivity index (χ3n) is 4.71. The maximum absolute atomic E-state index is 12.4. The standard InChI is InChI=1S/C20H26N4O2/c1-16-15-18(25)19(22-24(16)17-9-4-2-5-10-17)20(26)21-11-8-14-23-12-6-3-7-13-23/h2,4-5,9-10,15H,3,6-8,11-14H2,1H3,(H,21,26). The molecule has 0 spiro atoms. The first-order valence-corrected chi connectivity index (χ1v) is 9.32. The lowest BCUT2D eigenvalue weighted by molar-refractivity contribution is 0.0943. The molecule has 6 heteroatoms. The van der Waals surface area contributed by atoms with Gasteiger partial charge in [-0.25, -0.2) is 4.68 Å². The van der Waals surface area contributed by atoms with E-state index in [1.807, 2.05) is 37.3 Å². The molecule has 1 aliphatic rings. The molecule has 6 nitrogen and oxygen atoms in total. The minimum Gasteiger partial charge on any atom is -0.350 e. The van der Waals surface area contributed by atoms with Crippen LogP contribution in [0.15, 0.2) is 41.2 Å². The van der Waals surface area contributed by atoms with Gasteiger partial charge in [-0.3, -0.25) is 9.59 Å². The number of amides is 1. The number of aryl methyl sites for hydroxylation is 1. The summed E-state index contributed by atoms with van der Waals surface area (Å²) in [6.07, 6.45) is 4.72. The van der Waals surface area contributed by atoms with E-state index in [1.165, 1.54) is 25.3 Å². The Morgan fingerprint density at radius 2 is 1.88 bits per heavy atom. The fourth-order valence-corrected chi connectivity index (χ4v) is 3.31. The lowest BCUT2D eigenvalue weighted by Gasteiger charge is -2.26. The van der Waals surface area contributed by atoms with E-state index in [0.29, 0.717) is 12.2 Å². The fourth-order valence-electron chi connectivity index (χ4n) is 3.31. The fraction of sp³-hybridized carbons (Fsp3) is 0.450. The molecule has 1 N–H and O–H groups in total. The first-order valence-electron chi connectivity index (χ1n) is 9.32. The number of likely N-dealkylation sites (tertiary alicyclic amines) is 1. The van der Waals surface area contributed by atoms with Crippen molar-refractivity contribution in [2.24, 2.45) is 0 Å². The lowest BCUT2D eigenvalue weighted by atomic mass is 10.1. The number of rotatable bonds is 6. The molecule has 0 saturated carbocycles. The van der Waals surface area contributed by atoms with Crippen LogP contribution in [0.4, 0.5) is 0 Å². The molecule has 3 rings (SSSR count). The van der Waals surface area contributed by atoms with Crippen LogP contribution in [0.3, 0.4) is 0 Å². The molecule has 1 amide bonds. The first-order chi connectivity index (χ1) is 12.6. The van der Waals surface area contributed by atoms with E-state index in [2.05, 4.69) is 15.3 Å². The molecule has 2 heterocycles. The van der Waals surface area contributed by atoms with Crippen LogP contribution < -0.4 is 10.7 Å². The minimum atomic E-state index is -0.404. The minimum absolute atomic E-state index is 0.0579. The SMILES string of the molecule is Cc1cc(=O)c(C(=O)NCCCN2CCCCC2)nn1-c1ccccc1. The van der Waals surface area contributed by atoms with Crippen LogP contribution in [0.5, 0.6) is 0 Å². The van der Waals surface area contributed by atoms with E-state index in [1.54, 1.807) is 4.68 Å². The second kappa shape index (κ2) is 8.76. The van der Waals surface area contributed by atoms with Crippen molar-refractivity contribution in [2.45, 2.75) is 32.6 Å². The Balaban J connectivity index is 1.62. The number of aromatic nitrogens is 2. The van der Waals surface area contributed by atoms with Gasteiger partial charge in [0.05, 0.1) is 5.69 Å². The summed E-state index contributed by atoms with van der Waals surface area (Å²) in [7, 11) is 0. The third-order valence-corrected chi connectivity index (χ3v) is 4.71. The molecule has 0 bridgehead atoms. The number of carbonyl (C=O) groups excluding carboxylic acids is 1. The number of benzene rings is 1. The maximum atomic E-state index is 12.4. The van der Waals surface area contributed by atoms with Crippen molar-refractivity contribution >= 4 is 5.91 Å². The van der Waals surface area contributed by atoms with Crippen molar-refractivity contribution in [3.05, 3.63) is 58.0 Å². The molecule has 0 aliphatic carbocycles. The van der Waals surface area contributed by atoms with Gasteiger partial charge in [0.1, 0.15) is 0 Å². The Morgan fingerprint density at radius 3 is 2.62 bits per heavy atom. The van der Waals surface area contributed by atoms with Gasteiger partial charge in [-0.15, -0.1) is 0 Å². The maximum Gasteiger partial charge on any atom is 0.275 e. The Bertz CT molecular complexity index is 795. The van der Waals surface area contributed by atoms with Crippen molar-refractivity contribution in [2.75, 3.05) is 26.2 Å². The van der Waals surface area contributed by atoms with Crippen molar-refractivity contribution in [1.29, 1.82) is 0 Å². The molecule has 138 valence electrons. The summed E-state index contributed by atoms with van der Waals surface area (Å²) in [6, 6.07) is 11.0. The van der Waals surface area contributed by atoms with Crippen molar-refractivity contribution in [3.8, 4) is 5.69 Å². The van der Waals surface area contributed by atoms with E-state index in [4.69, 9.17) is 0 Å². The molecule has 1 aromatic heterocycles. The zero-order valence-electron chi connectivity index (χ0n) is 15.3. The van der Waals surface area contributed by atoms with Crippen molar-refractivity contribution in [3.63, 3.8) is 0 Å². The summed E-state index contributed by atoms with van der Waals surface area (Å²) in [4.78, 5) is 27.0. The van der Waals surface area contributed by atoms with Crippen molar-refractivity contribution in [1.82, 2.24) is 20.0 Å². The zero-order chi connectivity index (χ0) is 18.4. The quantitative estimate of drug-likeness (QED) is 0.807. The summed E-state index contributed by atoms with van der Waals surface area (Å²) >= 11 is 0. The van der Waals surface area contributed by atoms with Gasteiger partial charge < -0.3 is 10.2 Å².